The summed E-state index contributed by atoms with van der Waals surface area (Å²) < 4.78 is 23.5. The standard InChI is InChI=1S/C42H64O15/c1-37(2)21-10-13-42(7)22(9-8-19-20-16-39(4,18-43)23(44)17-38(20,3)14-15-41(19,42)6)40(21,5)12-11-24(37)54-36-32(28(48)27(47)31(56-36)34(52)53)57-35-29(49)25(45)26(46)30(55-35)33(50)51/h8-9,20-21,23-32,35-36,43-49H,10-18H2,1-7H3,(H,50,51)(H,52,53)/t20-,21-,23+,24-,25-,26-,27-,28-,29+,30-,31-,32+,35-,36+,38-,39+,40-,41+,42+/m0/s1. The molecule has 0 radical (unpaired) electrons. The van der Waals surface area contributed by atoms with Crippen molar-refractivity contribution in [3.8, 4) is 0 Å². The fourth-order valence-corrected chi connectivity index (χ4v) is 12.9. The van der Waals surface area contributed by atoms with E-state index in [0.717, 1.165) is 32.1 Å². The molecule has 6 fully saturated rings. The predicted octanol–water partition coefficient (Wildman–Crippen LogP) is 1.87. The third-order valence-electron chi connectivity index (χ3n) is 17.0. The number of aliphatic hydroxyl groups is 7. The Morgan fingerprint density at radius 1 is 0.702 bits per heavy atom. The average Bonchev–Trinajstić information content (AvgIpc) is 3.13. The van der Waals surface area contributed by atoms with Crippen molar-refractivity contribution in [2.45, 2.75) is 173 Å². The van der Waals surface area contributed by atoms with Gasteiger partial charge in [0, 0.05) is 5.41 Å². The molecule has 15 nitrogen and oxygen atoms in total. The Labute approximate surface area is 333 Å². The first-order chi connectivity index (χ1) is 26.4. The Morgan fingerprint density at radius 3 is 1.93 bits per heavy atom. The zero-order valence-electron chi connectivity index (χ0n) is 34.1. The fourth-order valence-electron chi connectivity index (χ4n) is 12.9. The van der Waals surface area contributed by atoms with E-state index in [0.29, 0.717) is 19.3 Å². The highest BCUT2D eigenvalue weighted by Crippen LogP contribution is 2.74. The van der Waals surface area contributed by atoms with Crippen LogP contribution in [0, 0.1) is 44.3 Å². The minimum Gasteiger partial charge on any atom is -0.479 e. The van der Waals surface area contributed by atoms with Crippen molar-refractivity contribution in [2.24, 2.45) is 44.3 Å². The molecule has 57 heavy (non-hydrogen) atoms. The first-order valence-electron chi connectivity index (χ1n) is 20.6. The fraction of sp³-hybridized carbons (Fsp3) is 0.857. The number of carboxylic acid groups (broad SMARTS) is 2. The van der Waals surface area contributed by atoms with Gasteiger partial charge in [-0.2, -0.15) is 0 Å². The summed E-state index contributed by atoms with van der Waals surface area (Å²) in [6, 6.07) is 0. The molecular weight excluding hydrogens is 744 g/mol. The summed E-state index contributed by atoms with van der Waals surface area (Å²) >= 11 is 0. The predicted molar refractivity (Wildman–Crippen MR) is 200 cm³/mol. The third kappa shape index (κ3) is 6.31. The normalized spacial score (nSPS) is 53.2. The molecule has 0 spiro atoms. The van der Waals surface area contributed by atoms with Gasteiger partial charge in [-0.05, 0) is 90.3 Å². The second-order valence-corrected chi connectivity index (χ2v) is 20.4. The average molecular weight is 809 g/mol. The van der Waals surface area contributed by atoms with Gasteiger partial charge in [0.15, 0.2) is 24.8 Å². The molecule has 0 bridgehead atoms. The van der Waals surface area contributed by atoms with Gasteiger partial charge in [-0.15, -0.1) is 0 Å². The van der Waals surface area contributed by atoms with E-state index in [1.807, 2.05) is 6.92 Å². The molecule has 0 aromatic heterocycles. The van der Waals surface area contributed by atoms with Crippen molar-refractivity contribution in [1.29, 1.82) is 0 Å². The number of fused-ring (bicyclic) bond motifs is 7. The molecule has 2 heterocycles. The lowest BCUT2D eigenvalue weighted by atomic mass is 9.36. The SMILES string of the molecule is CC1(C)[C@@H](O[C@@H]2O[C@H](C(=O)O)[C@@H](O)[C@H](O)[C@H]2O[C@@H]2O[C@H](C(=O)O)[C@@H](O)[C@H](O)[C@H]2O)CC[C@]2(C)C3=CC=C4[C@@H]5C[C@](C)(CO)[C@H](O)C[C@]5(C)CC[C@@]4(C)[C@]3(C)CC[C@@H]12. The topological polar surface area (TPSA) is 253 Å². The summed E-state index contributed by atoms with van der Waals surface area (Å²) in [5.41, 5.74) is 1.07. The molecule has 15 heteroatoms. The molecule has 2 aliphatic heterocycles. The molecule has 2 saturated heterocycles. The van der Waals surface area contributed by atoms with Crippen LogP contribution in [0.3, 0.4) is 0 Å². The van der Waals surface area contributed by atoms with Gasteiger partial charge >= 0.3 is 11.9 Å². The Kier molecular flexibility index (Phi) is 10.8. The second kappa shape index (κ2) is 14.3. The second-order valence-electron chi connectivity index (χ2n) is 20.4. The first kappa shape index (κ1) is 43.1. The maximum atomic E-state index is 12.2. The monoisotopic (exact) mass is 808 g/mol. The lowest BCUT2D eigenvalue weighted by molar-refractivity contribution is -0.370. The summed E-state index contributed by atoms with van der Waals surface area (Å²) in [5, 5.41) is 94.3. The van der Waals surface area contributed by atoms with Crippen molar-refractivity contribution >= 4 is 11.9 Å². The molecule has 5 aliphatic carbocycles. The van der Waals surface area contributed by atoms with E-state index in [-0.39, 0.29) is 40.1 Å². The van der Waals surface area contributed by atoms with Crippen LogP contribution < -0.4 is 0 Å². The number of carboxylic acids is 2. The molecule has 7 aliphatic rings. The quantitative estimate of drug-likeness (QED) is 0.167. The van der Waals surface area contributed by atoms with Gasteiger partial charge in [-0.3, -0.25) is 0 Å². The largest absolute Gasteiger partial charge is 0.479 e. The zero-order chi connectivity index (χ0) is 42.0. The summed E-state index contributed by atoms with van der Waals surface area (Å²) in [7, 11) is 0. The van der Waals surface area contributed by atoms with Gasteiger partial charge in [-0.25, -0.2) is 9.59 Å². The number of hydrogen-bond acceptors (Lipinski definition) is 13. The van der Waals surface area contributed by atoms with Crippen molar-refractivity contribution < 1.29 is 74.5 Å². The highest BCUT2D eigenvalue weighted by molar-refractivity contribution is 5.74. The molecule has 7 rings (SSSR count). The van der Waals surface area contributed by atoms with Gasteiger partial charge in [0.1, 0.15) is 36.6 Å². The maximum Gasteiger partial charge on any atom is 0.335 e. The third-order valence-corrected chi connectivity index (χ3v) is 17.0. The number of ether oxygens (including phenoxy) is 4. The Morgan fingerprint density at radius 2 is 1.32 bits per heavy atom. The van der Waals surface area contributed by atoms with E-state index < -0.39 is 96.4 Å². The van der Waals surface area contributed by atoms with Gasteiger partial charge in [0.2, 0.25) is 0 Å². The minimum absolute atomic E-state index is 0.0636. The number of allylic oxidation sites excluding steroid dienone is 4. The summed E-state index contributed by atoms with van der Waals surface area (Å²) in [4.78, 5) is 24.0. The van der Waals surface area contributed by atoms with Gasteiger partial charge in [0.25, 0.3) is 0 Å². The first-order valence-corrected chi connectivity index (χ1v) is 20.6. The molecule has 19 atom stereocenters. The number of aliphatic hydroxyl groups excluding tert-OH is 7. The number of hydrogen-bond donors (Lipinski definition) is 9. The van der Waals surface area contributed by atoms with E-state index in [1.54, 1.807) is 0 Å². The summed E-state index contributed by atoms with van der Waals surface area (Å²) in [6.07, 6.45) is -9.26. The summed E-state index contributed by atoms with van der Waals surface area (Å²) in [6.45, 7) is 15.6. The minimum atomic E-state index is -2.01. The van der Waals surface area contributed by atoms with Crippen molar-refractivity contribution in [3.63, 3.8) is 0 Å². The highest BCUT2D eigenvalue weighted by Gasteiger charge is 2.67. The molecule has 4 saturated carbocycles. The Balaban J connectivity index is 1.17. The van der Waals surface area contributed by atoms with E-state index in [4.69, 9.17) is 18.9 Å². The van der Waals surface area contributed by atoms with Gasteiger partial charge in [-0.1, -0.05) is 71.8 Å². The van der Waals surface area contributed by atoms with Gasteiger partial charge < -0.3 is 64.9 Å². The number of rotatable bonds is 7. The molecule has 0 unspecified atom stereocenters. The van der Waals surface area contributed by atoms with E-state index in [2.05, 4.69) is 53.7 Å². The Bertz CT molecular complexity index is 1660. The van der Waals surface area contributed by atoms with Gasteiger partial charge in [0.05, 0.1) is 18.8 Å². The van der Waals surface area contributed by atoms with Crippen molar-refractivity contribution in [3.05, 3.63) is 23.3 Å². The molecule has 0 aromatic carbocycles. The lowest BCUT2D eigenvalue weighted by Gasteiger charge is -2.69. The molecule has 0 amide bonds. The van der Waals surface area contributed by atoms with Crippen molar-refractivity contribution in [2.75, 3.05) is 6.61 Å². The zero-order valence-corrected chi connectivity index (χ0v) is 34.1. The van der Waals surface area contributed by atoms with E-state index in [9.17, 15) is 55.5 Å². The van der Waals surface area contributed by atoms with Crippen LogP contribution in [0.15, 0.2) is 23.3 Å². The van der Waals surface area contributed by atoms with Crippen molar-refractivity contribution in [1.82, 2.24) is 0 Å². The smallest absolute Gasteiger partial charge is 0.335 e. The summed E-state index contributed by atoms with van der Waals surface area (Å²) in [5.74, 6) is -2.89. The molecule has 322 valence electrons. The molecule has 9 N–H and O–H groups in total. The van der Waals surface area contributed by atoms with Crippen LogP contribution in [0.4, 0.5) is 0 Å². The van der Waals surface area contributed by atoms with E-state index in [1.165, 1.54) is 11.1 Å². The van der Waals surface area contributed by atoms with Crippen LogP contribution in [0.25, 0.3) is 0 Å². The van der Waals surface area contributed by atoms with Crippen LogP contribution >= 0.6 is 0 Å². The Hall–Kier alpha value is -2.02. The van der Waals surface area contributed by atoms with Crippen LogP contribution in [0.2, 0.25) is 0 Å². The lowest BCUT2D eigenvalue weighted by Crippen LogP contribution is -2.66. The number of carbonyl (C=O) groups is 2. The van der Waals surface area contributed by atoms with Crippen LogP contribution in [-0.4, -0.2) is 138 Å². The molecule has 0 aromatic rings. The highest BCUT2D eigenvalue weighted by atomic mass is 16.8. The van der Waals surface area contributed by atoms with Crippen LogP contribution in [0.5, 0.6) is 0 Å². The van der Waals surface area contributed by atoms with Crippen LogP contribution in [-0.2, 0) is 28.5 Å². The maximum absolute atomic E-state index is 12.2. The molecular formula is C42H64O15. The van der Waals surface area contributed by atoms with E-state index >= 15 is 0 Å². The van der Waals surface area contributed by atoms with Crippen LogP contribution in [0.1, 0.15) is 99.8 Å². The number of aliphatic carboxylic acids is 2.